The number of primary amides is 1. The second kappa shape index (κ2) is 42.6. The summed E-state index contributed by atoms with van der Waals surface area (Å²) in [6, 6.07) is 2.93. The molecule has 0 aliphatic carbocycles. The van der Waals surface area contributed by atoms with Gasteiger partial charge in [-0.25, -0.2) is 0 Å². The molecule has 2 aromatic carbocycles. The number of aromatic amines is 2. The second-order valence-corrected chi connectivity index (χ2v) is 27.3. The van der Waals surface area contributed by atoms with Gasteiger partial charge in [-0.2, -0.15) is 0 Å². The third-order valence-corrected chi connectivity index (χ3v) is 16.9. The first-order valence-electron chi connectivity index (χ1n) is 34.9. The minimum Gasteiger partial charge on any atom is -0.368 e. The minimum atomic E-state index is -1.42. The molecule has 23 N–H and O–H groups in total. The molecule has 0 radical (unpaired) electrons. The Labute approximate surface area is 572 Å². The Morgan fingerprint density at radius 3 is 0.918 bits per heavy atom. The third-order valence-electron chi connectivity index (χ3n) is 16.9. The van der Waals surface area contributed by atoms with Crippen molar-refractivity contribution in [3.8, 4) is 0 Å². The van der Waals surface area contributed by atoms with E-state index < -0.39 is 119 Å². The summed E-state index contributed by atoms with van der Waals surface area (Å²) < 4.78 is 0. The number of amides is 10. The van der Waals surface area contributed by atoms with E-state index in [4.69, 9.17) is 34.4 Å². The van der Waals surface area contributed by atoms with Gasteiger partial charge in [0.05, 0.1) is 6.04 Å². The number of rotatable bonds is 47. The van der Waals surface area contributed by atoms with Crippen LogP contribution in [-0.2, 0) is 60.8 Å². The minimum absolute atomic E-state index is 0.00956. The standard InChI is InChI=1S/C70H115N17O10/c1-41(2)33-55(61(76)88)82-67(94)58(36-44(7)8)84-64(91)53(27-15-19-31-73)79-63(90)52(26-14-18-30-72)81-69(96)59(37-45-39-77-50-24-11-9-21-47(45)50)87-70(97)60(38-46-40-78-51-25-12-10-22-48(46)51)86-65(92)54(28-16-20-32-74)80-66(93)57(35-43(5)6)85-68(95)56(34-42(3)4)83-62(89)49(75)23-13-17-29-71/h9-12,21-22,24-25,39-44,49,52-60,77-78H,13-20,23,26-38,71-75H2,1-8H3,(H2,76,88)(H,79,90)(H,80,93)(H,81,96)(H,82,94)(H,83,89)(H,84,91)(H,85,95)(H,86,92)(H,87,97)/t49-,52-,53-,54-,55-,56-,57-,58-,59-,60-/m1/s1. The highest BCUT2D eigenvalue weighted by Gasteiger charge is 2.37. The molecule has 0 spiro atoms. The molecule has 0 bridgehead atoms. The maximum atomic E-state index is 15.4. The quantitative estimate of drug-likeness (QED) is 0.0282. The first-order valence-corrected chi connectivity index (χ1v) is 34.9. The molecule has 10 amide bonds. The number of H-pyrrole nitrogens is 2. The van der Waals surface area contributed by atoms with Gasteiger partial charge in [-0.05, 0) is 169 Å². The Morgan fingerprint density at radius 2 is 0.598 bits per heavy atom. The van der Waals surface area contributed by atoms with Crippen LogP contribution >= 0.6 is 0 Å². The van der Waals surface area contributed by atoms with Gasteiger partial charge in [-0.3, -0.25) is 47.9 Å². The smallest absolute Gasteiger partial charge is 0.243 e. The summed E-state index contributed by atoms with van der Waals surface area (Å²) in [6.07, 6.45) is 8.53. The molecule has 0 aliphatic heterocycles. The lowest BCUT2D eigenvalue weighted by Crippen LogP contribution is -2.61. The number of hydrogen-bond acceptors (Lipinski definition) is 15. The van der Waals surface area contributed by atoms with E-state index in [9.17, 15) is 33.6 Å². The Bertz CT molecular complexity index is 3150. The fraction of sp³-hybridized carbons (Fsp3) is 0.629. The van der Waals surface area contributed by atoms with Crippen LogP contribution in [0.4, 0.5) is 0 Å². The second-order valence-electron chi connectivity index (χ2n) is 27.3. The molecular weight excluding hydrogens is 1240 g/mol. The van der Waals surface area contributed by atoms with E-state index in [0.717, 1.165) is 21.8 Å². The van der Waals surface area contributed by atoms with Crippen LogP contribution in [0, 0.1) is 23.7 Å². The molecule has 4 rings (SSSR count). The van der Waals surface area contributed by atoms with Gasteiger partial charge in [-0.15, -0.1) is 0 Å². The lowest BCUT2D eigenvalue weighted by molar-refractivity contribution is -0.136. The van der Waals surface area contributed by atoms with Crippen molar-refractivity contribution in [1.29, 1.82) is 0 Å². The van der Waals surface area contributed by atoms with Crippen molar-refractivity contribution in [2.24, 2.45) is 58.1 Å². The van der Waals surface area contributed by atoms with Gasteiger partial charge < -0.3 is 92.2 Å². The Morgan fingerprint density at radius 1 is 0.340 bits per heavy atom. The summed E-state index contributed by atoms with van der Waals surface area (Å²) in [5.41, 5.74) is 38.1. The van der Waals surface area contributed by atoms with Gasteiger partial charge in [0.25, 0.3) is 0 Å². The number of nitrogens with one attached hydrogen (secondary N) is 11. The van der Waals surface area contributed by atoms with Crippen molar-refractivity contribution in [3.63, 3.8) is 0 Å². The number of unbranched alkanes of at least 4 members (excludes halogenated alkanes) is 4. The third kappa shape index (κ3) is 28.2. The molecule has 0 unspecified atom stereocenters. The summed E-state index contributed by atoms with van der Waals surface area (Å²) in [4.78, 5) is 150. The highest BCUT2D eigenvalue weighted by atomic mass is 16.2. The molecule has 0 saturated carbocycles. The SMILES string of the molecule is CC(C)C[C@@H](NC(=O)[C@@H](CC(C)C)NC(=O)[C@@H](CCCCN)NC(=O)[C@@H](CCCCN)NC(=O)[C@@H](Cc1c[nH]c2ccccc12)NC(=O)[C@@H](Cc1c[nH]c2ccccc12)NC(=O)[C@@H](CCCCN)NC(=O)[C@@H](CC(C)C)NC(=O)[C@@H](CC(C)C)NC(=O)[C@H](N)CCCCN)C(N)=O. The van der Waals surface area contributed by atoms with Crippen LogP contribution in [0.3, 0.4) is 0 Å². The van der Waals surface area contributed by atoms with Crippen LogP contribution in [0.25, 0.3) is 21.8 Å². The molecule has 0 fully saturated rings. The van der Waals surface area contributed by atoms with Crippen molar-refractivity contribution >= 4 is 80.9 Å². The molecule has 0 aliphatic rings. The largest absolute Gasteiger partial charge is 0.368 e. The first kappa shape index (κ1) is 81.4. The molecule has 27 nitrogen and oxygen atoms in total. The molecule has 97 heavy (non-hydrogen) atoms. The van der Waals surface area contributed by atoms with E-state index in [2.05, 4.69) is 57.8 Å². The highest BCUT2D eigenvalue weighted by Crippen LogP contribution is 2.23. The predicted molar refractivity (Wildman–Crippen MR) is 378 cm³/mol. The van der Waals surface area contributed by atoms with E-state index in [0.29, 0.717) is 82.0 Å². The van der Waals surface area contributed by atoms with E-state index in [-0.39, 0.29) is 94.5 Å². The lowest BCUT2D eigenvalue weighted by atomic mass is 9.98. The van der Waals surface area contributed by atoms with Crippen LogP contribution in [0.2, 0.25) is 0 Å². The van der Waals surface area contributed by atoms with Crippen molar-refractivity contribution < 1.29 is 47.9 Å². The fourth-order valence-electron chi connectivity index (χ4n) is 11.7. The van der Waals surface area contributed by atoms with Gasteiger partial charge >= 0.3 is 0 Å². The zero-order valence-electron chi connectivity index (χ0n) is 58.5. The Hall–Kier alpha value is -7.98. The first-order chi connectivity index (χ1) is 46.2. The summed E-state index contributed by atoms with van der Waals surface area (Å²) >= 11 is 0. The molecule has 2 aromatic heterocycles. The van der Waals surface area contributed by atoms with E-state index in [1.165, 1.54) is 0 Å². The van der Waals surface area contributed by atoms with Crippen LogP contribution in [0.15, 0.2) is 60.9 Å². The van der Waals surface area contributed by atoms with E-state index in [1.54, 1.807) is 12.4 Å². The lowest BCUT2D eigenvalue weighted by Gasteiger charge is -2.29. The molecule has 0 saturated heterocycles. The van der Waals surface area contributed by atoms with Crippen molar-refractivity contribution in [3.05, 3.63) is 72.1 Å². The average molecular weight is 1350 g/mol. The average Bonchev–Trinajstić information content (AvgIpc) is 1.73. The van der Waals surface area contributed by atoms with Gasteiger partial charge in [0, 0.05) is 47.0 Å². The fourth-order valence-corrected chi connectivity index (χ4v) is 11.7. The maximum absolute atomic E-state index is 15.4. The summed E-state index contributed by atoms with van der Waals surface area (Å²) in [7, 11) is 0. The number of hydrogen-bond donors (Lipinski definition) is 17. The molecule has 27 heteroatoms. The van der Waals surface area contributed by atoms with Gasteiger partial charge in [-0.1, -0.05) is 98.2 Å². The molecule has 540 valence electrons. The maximum Gasteiger partial charge on any atom is 0.243 e. The molecular formula is C70H115N17O10. The van der Waals surface area contributed by atoms with Crippen LogP contribution in [0.5, 0.6) is 0 Å². The molecule has 2 heterocycles. The normalized spacial score (nSPS) is 14.7. The Balaban J connectivity index is 1.75. The number of carbonyl (C=O) groups is 10. The van der Waals surface area contributed by atoms with Crippen molar-refractivity contribution in [1.82, 2.24) is 57.8 Å². The number of para-hydroxylation sites is 2. The zero-order chi connectivity index (χ0) is 71.7. The summed E-state index contributed by atoms with van der Waals surface area (Å²) in [5, 5.41) is 27.2. The van der Waals surface area contributed by atoms with E-state index in [1.807, 2.05) is 104 Å². The van der Waals surface area contributed by atoms with Crippen molar-refractivity contribution in [2.75, 3.05) is 26.2 Å². The predicted octanol–water partition coefficient (Wildman–Crippen LogP) is 2.31. The Kier molecular flexibility index (Phi) is 35.8. The number of aromatic nitrogens is 2. The van der Waals surface area contributed by atoms with Gasteiger partial charge in [0.15, 0.2) is 0 Å². The monoisotopic (exact) mass is 1350 g/mol. The van der Waals surface area contributed by atoms with Gasteiger partial charge in [0.1, 0.15) is 54.4 Å². The number of fused-ring (bicyclic) bond motifs is 2. The van der Waals surface area contributed by atoms with Crippen LogP contribution < -0.4 is 82.3 Å². The zero-order valence-corrected chi connectivity index (χ0v) is 58.5. The highest BCUT2D eigenvalue weighted by molar-refractivity contribution is 5.99. The molecule has 10 atom stereocenters. The number of carbonyl (C=O) groups excluding carboxylic acids is 10. The van der Waals surface area contributed by atoms with Crippen LogP contribution in [-0.4, -0.2) is 156 Å². The number of benzene rings is 2. The summed E-state index contributed by atoms with van der Waals surface area (Å²) in [5.74, 6) is -7.14. The van der Waals surface area contributed by atoms with Crippen molar-refractivity contribution in [2.45, 2.75) is 231 Å². The van der Waals surface area contributed by atoms with Gasteiger partial charge in [0.2, 0.25) is 59.1 Å². The number of nitrogens with two attached hydrogens (primary N) is 6. The molecule has 4 aromatic rings. The van der Waals surface area contributed by atoms with E-state index >= 15 is 14.4 Å². The topological polar surface area (TPSA) is 467 Å². The summed E-state index contributed by atoms with van der Waals surface area (Å²) in [6.45, 7) is 16.3. The van der Waals surface area contributed by atoms with Crippen LogP contribution in [0.1, 0.15) is 169 Å².